The maximum Gasteiger partial charge on any atom is 0.142 e. The number of hydrogen-bond acceptors (Lipinski definition) is 3. The number of carbonyl (C=O) groups excluding carboxylic acids is 1. The third-order valence-corrected chi connectivity index (χ3v) is 2.50. The molecule has 0 aliphatic carbocycles. The lowest BCUT2D eigenvalue weighted by Gasteiger charge is -2.21. The van der Waals surface area contributed by atoms with Gasteiger partial charge in [0.25, 0.3) is 0 Å². The van der Waals surface area contributed by atoms with Gasteiger partial charge in [-0.2, -0.15) is 0 Å². The van der Waals surface area contributed by atoms with Gasteiger partial charge in [0, 0.05) is 30.4 Å². The average molecular weight is 219 g/mol. The van der Waals surface area contributed by atoms with Gasteiger partial charge >= 0.3 is 0 Å². The van der Waals surface area contributed by atoms with Gasteiger partial charge in [-0.1, -0.05) is 0 Å². The van der Waals surface area contributed by atoms with E-state index in [4.69, 9.17) is 0 Å². The highest BCUT2D eigenvalue weighted by Gasteiger charge is 2.04. The van der Waals surface area contributed by atoms with Gasteiger partial charge in [-0.3, -0.25) is 4.79 Å². The molecule has 86 valence electrons. The monoisotopic (exact) mass is 219 g/mol. The first kappa shape index (κ1) is 12.3. The molecule has 0 saturated heterocycles. The van der Waals surface area contributed by atoms with Gasteiger partial charge in [0.2, 0.25) is 0 Å². The normalized spacial score (nSPS) is 10.6. The van der Waals surface area contributed by atoms with E-state index < -0.39 is 0 Å². The molecule has 1 N–H and O–H groups in total. The van der Waals surface area contributed by atoms with Crippen LogP contribution in [0.15, 0.2) is 24.3 Å². The molecule has 0 aliphatic heterocycles. The summed E-state index contributed by atoms with van der Waals surface area (Å²) in [6, 6.07) is 5.47. The van der Waals surface area contributed by atoms with Crippen molar-refractivity contribution in [3.63, 3.8) is 0 Å². The molecule has 0 aliphatic rings. The van der Waals surface area contributed by atoms with Crippen LogP contribution < -0.4 is 4.90 Å². The first-order valence-electron chi connectivity index (χ1n) is 5.42. The predicted octanol–water partition coefficient (Wildman–Crippen LogP) is 2.45. The summed E-state index contributed by atoms with van der Waals surface area (Å²) in [6.45, 7) is 5.94. The van der Waals surface area contributed by atoms with Crippen LogP contribution in [0.2, 0.25) is 0 Å². The van der Waals surface area contributed by atoms with E-state index in [1.54, 1.807) is 12.1 Å². The van der Waals surface area contributed by atoms with Crippen LogP contribution in [0.5, 0.6) is 5.75 Å². The number of nitrogens with zero attached hydrogens (tertiary/aromatic N) is 1. The molecule has 0 saturated carbocycles. The second-order valence-electron chi connectivity index (χ2n) is 3.41. The number of carbonyl (C=O) groups is 1. The Morgan fingerprint density at radius 2 is 2.00 bits per heavy atom. The predicted molar refractivity (Wildman–Crippen MR) is 66.8 cm³/mol. The van der Waals surface area contributed by atoms with Gasteiger partial charge in [-0.25, -0.2) is 0 Å². The second-order valence-corrected chi connectivity index (χ2v) is 3.41. The third-order valence-electron chi connectivity index (χ3n) is 2.50. The van der Waals surface area contributed by atoms with E-state index in [0.29, 0.717) is 11.8 Å². The van der Waals surface area contributed by atoms with E-state index in [9.17, 15) is 9.90 Å². The van der Waals surface area contributed by atoms with Gasteiger partial charge in [0.15, 0.2) is 0 Å². The number of aromatic hydroxyl groups is 1. The maximum absolute atomic E-state index is 10.2. The van der Waals surface area contributed by atoms with Crippen molar-refractivity contribution in [1.29, 1.82) is 0 Å². The largest absolute Gasteiger partial charge is 0.507 e. The van der Waals surface area contributed by atoms with Crippen molar-refractivity contribution < 1.29 is 9.90 Å². The standard InChI is InChI=1S/C13H17NO2/c1-3-14(4-2)12-8-7-11(6-5-9-15)13(16)10-12/h5-10,16H,3-4H2,1-2H3/b6-5+. The molecule has 1 rings (SSSR count). The lowest BCUT2D eigenvalue weighted by molar-refractivity contribution is -0.104. The zero-order chi connectivity index (χ0) is 12.0. The Labute approximate surface area is 96.0 Å². The third kappa shape index (κ3) is 2.86. The summed E-state index contributed by atoms with van der Waals surface area (Å²) in [5, 5.41) is 9.76. The summed E-state index contributed by atoms with van der Waals surface area (Å²) in [4.78, 5) is 12.3. The van der Waals surface area contributed by atoms with Gasteiger partial charge in [0.1, 0.15) is 12.0 Å². The van der Waals surface area contributed by atoms with Crippen LogP contribution in [-0.2, 0) is 4.79 Å². The van der Waals surface area contributed by atoms with E-state index in [1.165, 1.54) is 6.08 Å². The molecule has 0 unspecified atom stereocenters. The Balaban J connectivity index is 2.98. The average Bonchev–Trinajstić information content (AvgIpc) is 2.29. The van der Waals surface area contributed by atoms with E-state index in [1.807, 2.05) is 12.1 Å². The van der Waals surface area contributed by atoms with Gasteiger partial charge < -0.3 is 10.0 Å². The van der Waals surface area contributed by atoms with Crippen LogP contribution in [0.1, 0.15) is 19.4 Å². The minimum atomic E-state index is 0.197. The summed E-state index contributed by atoms with van der Waals surface area (Å²) >= 11 is 0. The lowest BCUT2D eigenvalue weighted by Crippen LogP contribution is -2.21. The maximum atomic E-state index is 10.2. The van der Waals surface area contributed by atoms with Crippen LogP contribution in [0.3, 0.4) is 0 Å². The van der Waals surface area contributed by atoms with E-state index in [0.717, 1.165) is 18.8 Å². The zero-order valence-electron chi connectivity index (χ0n) is 9.68. The lowest BCUT2D eigenvalue weighted by atomic mass is 10.1. The van der Waals surface area contributed by atoms with Gasteiger partial charge in [-0.15, -0.1) is 0 Å². The molecular weight excluding hydrogens is 202 g/mol. The first-order valence-corrected chi connectivity index (χ1v) is 5.42. The number of rotatable bonds is 5. The van der Waals surface area contributed by atoms with Gasteiger partial charge in [0.05, 0.1) is 0 Å². The van der Waals surface area contributed by atoms with E-state index in [2.05, 4.69) is 18.7 Å². The Hall–Kier alpha value is -1.77. The Morgan fingerprint density at radius 1 is 1.31 bits per heavy atom. The van der Waals surface area contributed by atoms with Crippen molar-refractivity contribution in [2.75, 3.05) is 18.0 Å². The van der Waals surface area contributed by atoms with Crippen LogP contribution in [0.25, 0.3) is 6.08 Å². The number of aldehydes is 1. The Morgan fingerprint density at radius 3 is 2.50 bits per heavy atom. The van der Waals surface area contributed by atoms with Crippen LogP contribution >= 0.6 is 0 Å². The fourth-order valence-electron chi connectivity index (χ4n) is 1.60. The summed E-state index contributed by atoms with van der Waals surface area (Å²) in [6.07, 6.45) is 3.65. The fraction of sp³-hybridized carbons (Fsp3) is 0.308. The number of phenolic OH excluding ortho intramolecular Hbond substituents is 1. The molecule has 3 heteroatoms. The van der Waals surface area contributed by atoms with Crippen molar-refractivity contribution in [1.82, 2.24) is 0 Å². The smallest absolute Gasteiger partial charge is 0.142 e. The molecule has 0 aromatic heterocycles. The highest BCUT2D eigenvalue weighted by molar-refractivity contribution is 5.76. The SMILES string of the molecule is CCN(CC)c1ccc(/C=C/C=O)c(O)c1. The molecule has 0 amide bonds. The van der Waals surface area contributed by atoms with Gasteiger partial charge in [-0.05, 0) is 38.1 Å². The highest BCUT2D eigenvalue weighted by Crippen LogP contribution is 2.25. The van der Waals surface area contributed by atoms with Crippen molar-refractivity contribution in [2.45, 2.75) is 13.8 Å². The van der Waals surface area contributed by atoms with Crippen molar-refractivity contribution in [2.24, 2.45) is 0 Å². The molecular formula is C13H17NO2. The molecule has 3 nitrogen and oxygen atoms in total. The van der Waals surface area contributed by atoms with Crippen molar-refractivity contribution in [3.05, 3.63) is 29.8 Å². The van der Waals surface area contributed by atoms with Crippen LogP contribution in [0.4, 0.5) is 5.69 Å². The minimum absolute atomic E-state index is 0.197. The molecule has 0 spiro atoms. The number of benzene rings is 1. The minimum Gasteiger partial charge on any atom is -0.507 e. The topological polar surface area (TPSA) is 40.5 Å². The number of allylic oxidation sites excluding steroid dienone is 1. The molecule has 0 atom stereocenters. The number of phenols is 1. The van der Waals surface area contributed by atoms with Crippen molar-refractivity contribution in [3.8, 4) is 5.75 Å². The molecule has 0 fully saturated rings. The second kappa shape index (κ2) is 5.95. The summed E-state index contributed by atoms with van der Waals surface area (Å²) in [7, 11) is 0. The first-order chi connectivity index (χ1) is 7.72. The molecule has 0 bridgehead atoms. The number of hydrogen-bond donors (Lipinski definition) is 1. The van der Waals surface area contributed by atoms with E-state index in [-0.39, 0.29) is 5.75 Å². The molecule has 16 heavy (non-hydrogen) atoms. The molecule has 0 heterocycles. The highest BCUT2D eigenvalue weighted by atomic mass is 16.3. The summed E-state index contributed by atoms with van der Waals surface area (Å²) in [5.41, 5.74) is 1.65. The molecule has 0 radical (unpaired) electrons. The van der Waals surface area contributed by atoms with Crippen molar-refractivity contribution >= 4 is 18.0 Å². The summed E-state index contributed by atoms with van der Waals surface area (Å²) < 4.78 is 0. The zero-order valence-corrected chi connectivity index (χ0v) is 9.68. The molecule has 1 aromatic carbocycles. The Bertz CT molecular complexity index is 382. The Kier molecular flexibility index (Phi) is 4.58. The number of anilines is 1. The molecule has 1 aromatic rings. The summed E-state index contributed by atoms with van der Waals surface area (Å²) in [5.74, 6) is 0.197. The van der Waals surface area contributed by atoms with Crippen LogP contribution in [0, 0.1) is 0 Å². The quantitative estimate of drug-likeness (QED) is 0.611. The fourth-order valence-corrected chi connectivity index (χ4v) is 1.60. The van der Waals surface area contributed by atoms with E-state index >= 15 is 0 Å². The van der Waals surface area contributed by atoms with Crippen LogP contribution in [-0.4, -0.2) is 24.5 Å².